The van der Waals surface area contributed by atoms with Gasteiger partial charge in [-0.3, -0.25) is 0 Å². The Hall–Kier alpha value is -2.34. The van der Waals surface area contributed by atoms with Gasteiger partial charge in [-0.25, -0.2) is 9.48 Å². The van der Waals surface area contributed by atoms with E-state index in [0.717, 1.165) is 16.9 Å². The van der Waals surface area contributed by atoms with Crippen LogP contribution in [-0.4, -0.2) is 33.6 Å². The van der Waals surface area contributed by atoms with Gasteiger partial charge in [0, 0.05) is 19.3 Å². The van der Waals surface area contributed by atoms with Gasteiger partial charge in [-0.2, -0.15) is 5.10 Å². The van der Waals surface area contributed by atoms with E-state index < -0.39 is 6.10 Å². The van der Waals surface area contributed by atoms with Gasteiger partial charge in [-0.05, 0) is 31.5 Å². The minimum atomic E-state index is -0.560. The van der Waals surface area contributed by atoms with Crippen molar-refractivity contribution in [2.45, 2.75) is 26.5 Å². The lowest BCUT2D eigenvalue weighted by Gasteiger charge is -2.12. The number of aliphatic hydroxyl groups excluding tert-OH is 1. The summed E-state index contributed by atoms with van der Waals surface area (Å²) in [4.78, 5) is 11.6. The SMILES string of the molecule is Cc1ccn(-c2ccccc2CNC(=O)NC[C@@H](C)O)n1. The molecule has 0 unspecified atom stereocenters. The zero-order chi connectivity index (χ0) is 15.2. The highest BCUT2D eigenvalue weighted by atomic mass is 16.3. The second kappa shape index (κ2) is 6.90. The molecular weight excluding hydrogens is 268 g/mol. The summed E-state index contributed by atoms with van der Waals surface area (Å²) in [7, 11) is 0. The monoisotopic (exact) mass is 288 g/mol. The first-order chi connectivity index (χ1) is 10.1. The number of aromatic nitrogens is 2. The average Bonchev–Trinajstić information content (AvgIpc) is 2.89. The highest BCUT2D eigenvalue weighted by molar-refractivity contribution is 5.74. The number of rotatable bonds is 5. The molecule has 0 aliphatic rings. The van der Waals surface area contributed by atoms with E-state index in [1.54, 1.807) is 11.6 Å². The Kier molecular flexibility index (Phi) is 4.94. The van der Waals surface area contributed by atoms with Crippen molar-refractivity contribution in [1.82, 2.24) is 20.4 Å². The summed E-state index contributed by atoms with van der Waals surface area (Å²) in [6, 6.07) is 9.38. The van der Waals surface area contributed by atoms with E-state index in [0.29, 0.717) is 6.54 Å². The number of amides is 2. The lowest BCUT2D eigenvalue weighted by atomic mass is 10.2. The molecule has 6 heteroatoms. The summed E-state index contributed by atoms with van der Waals surface area (Å²) in [5.74, 6) is 0. The molecule has 1 aromatic heterocycles. The fourth-order valence-corrected chi connectivity index (χ4v) is 1.91. The van der Waals surface area contributed by atoms with Crippen LogP contribution in [0.25, 0.3) is 5.69 Å². The van der Waals surface area contributed by atoms with Crippen LogP contribution in [0.5, 0.6) is 0 Å². The Balaban J connectivity index is 2.02. The third kappa shape index (κ3) is 4.32. The van der Waals surface area contributed by atoms with E-state index in [1.807, 2.05) is 43.5 Å². The predicted octanol–water partition coefficient (Wildman–Crippen LogP) is 1.36. The molecule has 1 heterocycles. The second-order valence-electron chi connectivity index (χ2n) is 4.94. The molecule has 0 aliphatic heterocycles. The van der Waals surface area contributed by atoms with Crippen molar-refractivity contribution >= 4 is 6.03 Å². The van der Waals surface area contributed by atoms with Gasteiger partial charge in [0.15, 0.2) is 0 Å². The molecule has 0 fully saturated rings. The zero-order valence-corrected chi connectivity index (χ0v) is 12.2. The third-order valence-electron chi connectivity index (χ3n) is 2.96. The zero-order valence-electron chi connectivity index (χ0n) is 12.2. The fraction of sp³-hybridized carbons (Fsp3) is 0.333. The van der Waals surface area contributed by atoms with Crippen LogP contribution in [0, 0.1) is 6.92 Å². The lowest BCUT2D eigenvalue weighted by Crippen LogP contribution is -2.38. The molecule has 1 aromatic carbocycles. The largest absolute Gasteiger partial charge is 0.392 e. The standard InChI is InChI=1S/C15H20N4O2/c1-11-7-8-19(18-11)14-6-4-3-5-13(14)10-17-15(21)16-9-12(2)20/h3-8,12,20H,9-10H2,1-2H3,(H2,16,17,21)/t12-/m1/s1. The van der Waals surface area contributed by atoms with Gasteiger partial charge >= 0.3 is 6.03 Å². The third-order valence-corrected chi connectivity index (χ3v) is 2.96. The van der Waals surface area contributed by atoms with Gasteiger partial charge in [0.25, 0.3) is 0 Å². The minimum absolute atomic E-state index is 0.228. The topological polar surface area (TPSA) is 79.2 Å². The van der Waals surface area contributed by atoms with Crippen LogP contribution in [0.1, 0.15) is 18.2 Å². The van der Waals surface area contributed by atoms with Gasteiger partial charge in [-0.1, -0.05) is 18.2 Å². The van der Waals surface area contributed by atoms with Crippen LogP contribution in [0.3, 0.4) is 0 Å². The van der Waals surface area contributed by atoms with Crippen molar-refractivity contribution < 1.29 is 9.90 Å². The molecule has 0 radical (unpaired) electrons. The van der Waals surface area contributed by atoms with E-state index in [4.69, 9.17) is 5.11 Å². The number of hydrogen-bond acceptors (Lipinski definition) is 3. The first kappa shape index (κ1) is 15.1. The average molecular weight is 288 g/mol. The summed E-state index contributed by atoms with van der Waals surface area (Å²) in [6.07, 6.45) is 1.33. The van der Waals surface area contributed by atoms with Crippen LogP contribution in [0.4, 0.5) is 4.79 Å². The molecule has 2 amide bonds. The highest BCUT2D eigenvalue weighted by Gasteiger charge is 2.07. The summed E-state index contributed by atoms with van der Waals surface area (Å²) in [5, 5.41) is 18.9. The van der Waals surface area contributed by atoms with Gasteiger partial charge in [0.05, 0.1) is 17.5 Å². The van der Waals surface area contributed by atoms with Crippen molar-refractivity contribution in [3.63, 3.8) is 0 Å². The quantitative estimate of drug-likeness (QED) is 0.777. The van der Waals surface area contributed by atoms with E-state index in [-0.39, 0.29) is 12.6 Å². The molecule has 2 aromatic rings. The van der Waals surface area contributed by atoms with Crippen LogP contribution >= 0.6 is 0 Å². The smallest absolute Gasteiger partial charge is 0.315 e. The van der Waals surface area contributed by atoms with Gasteiger partial charge in [0.2, 0.25) is 0 Å². The summed E-state index contributed by atoms with van der Waals surface area (Å²) < 4.78 is 1.79. The summed E-state index contributed by atoms with van der Waals surface area (Å²) >= 11 is 0. The van der Waals surface area contributed by atoms with E-state index in [9.17, 15) is 4.79 Å². The molecule has 0 saturated heterocycles. The van der Waals surface area contributed by atoms with Crippen LogP contribution in [0.15, 0.2) is 36.5 Å². The molecule has 21 heavy (non-hydrogen) atoms. The van der Waals surface area contributed by atoms with Crippen LogP contribution in [-0.2, 0) is 6.54 Å². The highest BCUT2D eigenvalue weighted by Crippen LogP contribution is 2.13. The fourth-order valence-electron chi connectivity index (χ4n) is 1.91. The van der Waals surface area contributed by atoms with Crippen molar-refractivity contribution in [3.05, 3.63) is 47.8 Å². The van der Waals surface area contributed by atoms with Crippen molar-refractivity contribution in [2.24, 2.45) is 0 Å². The number of nitrogens with zero attached hydrogens (tertiary/aromatic N) is 2. The van der Waals surface area contributed by atoms with E-state index >= 15 is 0 Å². The van der Waals surface area contributed by atoms with Crippen LogP contribution < -0.4 is 10.6 Å². The number of carbonyl (C=O) groups excluding carboxylic acids is 1. The number of carbonyl (C=O) groups is 1. The van der Waals surface area contributed by atoms with E-state index in [2.05, 4.69) is 15.7 Å². The van der Waals surface area contributed by atoms with Gasteiger partial charge in [0.1, 0.15) is 0 Å². The molecule has 0 aliphatic carbocycles. The minimum Gasteiger partial charge on any atom is -0.392 e. The summed E-state index contributed by atoms with van der Waals surface area (Å²) in [6.45, 7) is 4.17. The maximum absolute atomic E-state index is 11.6. The second-order valence-corrected chi connectivity index (χ2v) is 4.94. The van der Waals surface area contributed by atoms with Crippen molar-refractivity contribution in [1.29, 1.82) is 0 Å². The first-order valence-electron chi connectivity index (χ1n) is 6.86. The Morgan fingerprint density at radius 3 is 2.76 bits per heavy atom. The first-order valence-corrected chi connectivity index (χ1v) is 6.86. The van der Waals surface area contributed by atoms with Crippen molar-refractivity contribution in [3.8, 4) is 5.69 Å². The van der Waals surface area contributed by atoms with Crippen LogP contribution in [0.2, 0.25) is 0 Å². The number of benzene rings is 1. The van der Waals surface area contributed by atoms with Gasteiger partial charge < -0.3 is 15.7 Å². The number of para-hydroxylation sites is 1. The van der Waals surface area contributed by atoms with Gasteiger partial charge in [-0.15, -0.1) is 0 Å². The number of aryl methyl sites for hydroxylation is 1. The maximum atomic E-state index is 11.6. The molecule has 6 nitrogen and oxygen atoms in total. The summed E-state index contributed by atoms with van der Waals surface area (Å²) in [5.41, 5.74) is 2.83. The maximum Gasteiger partial charge on any atom is 0.315 e. The molecule has 1 atom stereocenters. The Morgan fingerprint density at radius 1 is 1.33 bits per heavy atom. The predicted molar refractivity (Wildman–Crippen MR) is 80.2 cm³/mol. The number of aliphatic hydroxyl groups is 1. The molecule has 0 bridgehead atoms. The molecule has 0 saturated carbocycles. The van der Waals surface area contributed by atoms with E-state index in [1.165, 1.54) is 0 Å². The molecule has 2 rings (SSSR count). The molecule has 112 valence electrons. The Bertz CT molecular complexity index is 607. The number of nitrogens with one attached hydrogen (secondary N) is 2. The molecular formula is C15H20N4O2. The number of urea groups is 1. The lowest BCUT2D eigenvalue weighted by molar-refractivity contribution is 0.187. The molecule has 3 N–H and O–H groups in total. The molecule has 0 spiro atoms. The Labute approximate surface area is 123 Å². The number of hydrogen-bond donors (Lipinski definition) is 3. The Morgan fingerprint density at radius 2 is 2.10 bits per heavy atom. The normalized spacial score (nSPS) is 12.0. The van der Waals surface area contributed by atoms with Crippen molar-refractivity contribution in [2.75, 3.05) is 6.54 Å².